The Morgan fingerprint density at radius 2 is 1.39 bits per heavy atom. The fraction of sp³-hybridized carbons (Fsp3) is 0.684. The van der Waals surface area contributed by atoms with Crippen molar-refractivity contribution >= 4 is 10.1 Å². The Bertz CT molecular complexity index is 701. The van der Waals surface area contributed by atoms with Gasteiger partial charge >= 0.3 is 0 Å². The Morgan fingerprint density at radius 3 is 1.71 bits per heavy atom. The molecule has 0 aromatic heterocycles. The molecule has 160 valence electrons. The summed E-state index contributed by atoms with van der Waals surface area (Å²) in [6.07, 6.45) is 0.0284. The highest BCUT2D eigenvalue weighted by molar-refractivity contribution is 7.85. The third kappa shape index (κ3) is 7.75. The van der Waals surface area contributed by atoms with Crippen LogP contribution in [0.15, 0.2) is 29.2 Å². The maximum atomic E-state index is 10.5. The van der Waals surface area contributed by atoms with E-state index in [1.165, 1.54) is 12.1 Å². The molecule has 2 saturated heterocycles. The fourth-order valence-electron chi connectivity index (χ4n) is 2.73. The minimum atomic E-state index is -4.02. The fourth-order valence-corrected chi connectivity index (χ4v) is 3.21. The third-order valence-electron chi connectivity index (χ3n) is 4.06. The van der Waals surface area contributed by atoms with Crippen LogP contribution >= 0.6 is 0 Å². The lowest BCUT2D eigenvalue weighted by Gasteiger charge is -2.18. The molecule has 2 aliphatic heterocycles. The second-order valence-electron chi connectivity index (χ2n) is 7.73. The first-order chi connectivity index (χ1) is 12.9. The van der Waals surface area contributed by atoms with Crippen LogP contribution in [0.2, 0.25) is 0 Å². The van der Waals surface area contributed by atoms with Gasteiger partial charge in [0.1, 0.15) is 12.2 Å². The smallest absolute Gasteiger partial charge is 0.294 e. The Hall–Kier alpha value is -1.07. The lowest BCUT2D eigenvalue weighted by Crippen LogP contribution is -2.27. The largest absolute Gasteiger partial charge is 0.376 e. The molecule has 0 saturated carbocycles. The van der Waals surface area contributed by atoms with Crippen molar-refractivity contribution in [2.75, 3.05) is 26.4 Å². The van der Waals surface area contributed by atoms with Crippen molar-refractivity contribution in [2.24, 2.45) is 0 Å². The average molecular weight is 419 g/mol. The molecule has 0 radical (unpaired) electrons. The molecule has 2 atom stereocenters. The molecule has 0 amide bonds. The quantitative estimate of drug-likeness (QED) is 0.728. The van der Waals surface area contributed by atoms with Crippen molar-refractivity contribution in [3.05, 3.63) is 29.8 Å². The topological polar surface area (TPSA) is 101 Å². The van der Waals surface area contributed by atoms with E-state index in [4.69, 9.17) is 28.2 Å². The third-order valence-corrected chi connectivity index (χ3v) is 4.93. The molecule has 2 aliphatic rings. The molecule has 0 unspecified atom stereocenters. The van der Waals surface area contributed by atoms with Crippen molar-refractivity contribution in [3.63, 3.8) is 0 Å². The Balaban J connectivity index is 0.000000221. The lowest BCUT2D eigenvalue weighted by atomic mass is 10.2. The maximum Gasteiger partial charge on any atom is 0.294 e. The predicted octanol–water partition coefficient (Wildman–Crippen LogP) is 2.55. The molecular formula is C19H30O8S. The highest BCUT2D eigenvalue weighted by atomic mass is 32.2. The van der Waals surface area contributed by atoms with Gasteiger partial charge in [0.25, 0.3) is 10.1 Å². The molecule has 9 heteroatoms. The zero-order valence-electron chi connectivity index (χ0n) is 17.0. The van der Waals surface area contributed by atoms with Crippen molar-refractivity contribution in [1.82, 2.24) is 0 Å². The number of hydrogen-bond acceptors (Lipinski definition) is 7. The second kappa shape index (κ2) is 9.17. The van der Waals surface area contributed by atoms with E-state index in [-0.39, 0.29) is 17.1 Å². The summed E-state index contributed by atoms with van der Waals surface area (Å²) in [7, 11) is -4.02. The summed E-state index contributed by atoms with van der Waals surface area (Å²) in [6.45, 7) is 11.7. The van der Waals surface area contributed by atoms with Gasteiger partial charge in [-0.2, -0.15) is 8.42 Å². The Kier molecular flexibility index (Phi) is 7.60. The van der Waals surface area contributed by atoms with E-state index >= 15 is 0 Å². The molecule has 3 rings (SSSR count). The van der Waals surface area contributed by atoms with Gasteiger partial charge in [-0.15, -0.1) is 0 Å². The van der Waals surface area contributed by atoms with Gasteiger partial charge in [0.05, 0.1) is 31.3 Å². The van der Waals surface area contributed by atoms with Gasteiger partial charge in [-0.05, 0) is 46.8 Å². The van der Waals surface area contributed by atoms with Crippen molar-refractivity contribution < 1.29 is 36.7 Å². The van der Waals surface area contributed by atoms with E-state index in [0.29, 0.717) is 26.4 Å². The van der Waals surface area contributed by atoms with E-state index < -0.39 is 21.7 Å². The Morgan fingerprint density at radius 1 is 0.964 bits per heavy atom. The van der Waals surface area contributed by atoms with Crippen LogP contribution in [0, 0.1) is 6.92 Å². The lowest BCUT2D eigenvalue weighted by molar-refractivity contribution is -0.154. The van der Waals surface area contributed by atoms with Gasteiger partial charge in [0.2, 0.25) is 0 Å². The standard InChI is InChI=1S/C12H22O5.C7H8O3S/c1-11(2)14-7-9(16-11)5-13-6-10-8-15-12(3,4)17-10;1-6-2-4-7(5-3-6)11(8,9)10/h9-10H,5-8H2,1-4H3;2-5H,1H3,(H,8,9,10)/t9-,10-;/m1./s1. The average Bonchev–Trinajstić information content (AvgIpc) is 3.09. The van der Waals surface area contributed by atoms with Gasteiger partial charge in [-0.1, -0.05) is 17.7 Å². The molecule has 8 nitrogen and oxygen atoms in total. The highest BCUT2D eigenvalue weighted by Gasteiger charge is 2.35. The molecule has 0 bridgehead atoms. The number of rotatable bonds is 5. The first-order valence-electron chi connectivity index (χ1n) is 9.12. The Labute approximate surface area is 166 Å². The summed E-state index contributed by atoms with van der Waals surface area (Å²) in [6, 6.07) is 5.99. The molecule has 1 aromatic rings. The van der Waals surface area contributed by atoms with Crippen LogP contribution in [0.4, 0.5) is 0 Å². The van der Waals surface area contributed by atoms with Crippen LogP contribution in [0.3, 0.4) is 0 Å². The monoisotopic (exact) mass is 418 g/mol. The number of aryl methyl sites for hydroxylation is 1. The van der Waals surface area contributed by atoms with E-state index in [2.05, 4.69) is 0 Å². The number of benzene rings is 1. The molecule has 0 aliphatic carbocycles. The summed E-state index contributed by atoms with van der Waals surface area (Å²) in [4.78, 5) is -0.0666. The minimum absolute atomic E-state index is 0.0142. The van der Waals surface area contributed by atoms with Gasteiger partial charge < -0.3 is 23.7 Å². The van der Waals surface area contributed by atoms with Crippen LogP contribution in [0.1, 0.15) is 33.3 Å². The summed E-state index contributed by atoms with van der Waals surface area (Å²) >= 11 is 0. The first-order valence-corrected chi connectivity index (χ1v) is 10.6. The molecule has 2 heterocycles. The van der Waals surface area contributed by atoms with Crippen molar-refractivity contribution in [3.8, 4) is 0 Å². The minimum Gasteiger partial charge on any atom is -0.376 e. The molecular weight excluding hydrogens is 388 g/mol. The van der Waals surface area contributed by atoms with Gasteiger partial charge in [-0.3, -0.25) is 4.55 Å². The molecule has 1 N–H and O–H groups in total. The molecule has 28 heavy (non-hydrogen) atoms. The summed E-state index contributed by atoms with van der Waals surface area (Å²) in [5, 5.41) is 0. The summed E-state index contributed by atoms with van der Waals surface area (Å²) < 4.78 is 57.3. The van der Waals surface area contributed by atoms with E-state index in [0.717, 1.165) is 5.56 Å². The van der Waals surface area contributed by atoms with Crippen LogP contribution in [-0.4, -0.2) is 63.2 Å². The van der Waals surface area contributed by atoms with Crippen LogP contribution < -0.4 is 0 Å². The van der Waals surface area contributed by atoms with Crippen molar-refractivity contribution in [2.45, 2.75) is 63.3 Å². The van der Waals surface area contributed by atoms with Crippen LogP contribution in [0.25, 0.3) is 0 Å². The maximum absolute atomic E-state index is 10.5. The van der Waals surface area contributed by atoms with Gasteiger partial charge in [0.15, 0.2) is 11.6 Å². The highest BCUT2D eigenvalue weighted by Crippen LogP contribution is 2.24. The number of ether oxygens (including phenoxy) is 5. The summed E-state index contributed by atoms with van der Waals surface area (Å²) in [5.74, 6) is -0.966. The SMILES string of the molecule is CC1(C)OC[C@@H](COC[C@@H]2COC(C)(C)O2)O1.Cc1ccc(S(=O)(=O)O)cc1. The zero-order chi connectivity index (χ0) is 21.0. The van der Waals surface area contributed by atoms with E-state index in [1.54, 1.807) is 12.1 Å². The van der Waals surface area contributed by atoms with Crippen LogP contribution in [0.5, 0.6) is 0 Å². The van der Waals surface area contributed by atoms with Crippen LogP contribution in [-0.2, 0) is 33.8 Å². The normalized spacial score (nSPS) is 25.9. The molecule has 1 aromatic carbocycles. The predicted molar refractivity (Wildman–Crippen MR) is 102 cm³/mol. The van der Waals surface area contributed by atoms with Crippen molar-refractivity contribution in [1.29, 1.82) is 0 Å². The van der Waals surface area contributed by atoms with Gasteiger partial charge in [-0.25, -0.2) is 0 Å². The molecule has 0 spiro atoms. The second-order valence-corrected chi connectivity index (χ2v) is 9.15. The number of hydrogen-bond donors (Lipinski definition) is 1. The zero-order valence-corrected chi connectivity index (χ0v) is 17.8. The van der Waals surface area contributed by atoms with Gasteiger partial charge in [0, 0.05) is 0 Å². The van der Waals surface area contributed by atoms with E-state index in [9.17, 15) is 8.42 Å². The molecule has 2 fully saturated rings. The van der Waals surface area contributed by atoms with E-state index in [1.807, 2.05) is 34.6 Å². The first kappa shape index (κ1) is 23.2. The summed E-state index contributed by atoms with van der Waals surface area (Å²) in [5.41, 5.74) is 0.956.